The van der Waals surface area contributed by atoms with E-state index >= 15 is 0 Å². The number of likely N-dealkylation sites (N-methyl/N-ethyl adjacent to an activating group) is 1. The van der Waals surface area contributed by atoms with Crippen LogP contribution in [-0.4, -0.2) is 25.0 Å². The van der Waals surface area contributed by atoms with Gasteiger partial charge in [0.25, 0.3) is 0 Å². The molecule has 3 rings (SSSR count). The van der Waals surface area contributed by atoms with Crippen molar-refractivity contribution in [2.24, 2.45) is 0 Å². The summed E-state index contributed by atoms with van der Waals surface area (Å²) in [7, 11) is 2.22. The highest BCUT2D eigenvalue weighted by Gasteiger charge is 2.29. The fourth-order valence-electron chi connectivity index (χ4n) is 3.09. The molecule has 1 nitrogen and oxygen atoms in total. The Labute approximate surface area is 96.0 Å². The summed E-state index contributed by atoms with van der Waals surface area (Å²) in [4.78, 5) is 2.44. The van der Waals surface area contributed by atoms with E-state index in [1.165, 1.54) is 24.9 Å². The van der Waals surface area contributed by atoms with Crippen LogP contribution in [0.25, 0.3) is 0 Å². The molecule has 2 heteroatoms. The number of halogens is 1. The summed E-state index contributed by atoms with van der Waals surface area (Å²) in [5.41, 5.74) is 4.57. The van der Waals surface area contributed by atoms with Gasteiger partial charge in [-0.25, -0.2) is 0 Å². The second-order valence-electron chi connectivity index (χ2n) is 4.85. The summed E-state index contributed by atoms with van der Waals surface area (Å²) in [5, 5.41) is 0.982. The van der Waals surface area contributed by atoms with Crippen LogP contribution in [0.5, 0.6) is 0 Å². The van der Waals surface area contributed by atoms with E-state index in [-0.39, 0.29) is 0 Å². The Morgan fingerprint density at radius 2 is 2.20 bits per heavy atom. The number of nitrogens with zero attached hydrogens (tertiary/aromatic N) is 1. The van der Waals surface area contributed by atoms with Crippen LogP contribution in [0.4, 0.5) is 0 Å². The van der Waals surface area contributed by atoms with Crippen LogP contribution in [0.3, 0.4) is 0 Å². The second-order valence-corrected chi connectivity index (χ2v) is 5.25. The minimum Gasteiger partial charge on any atom is -0.305 e. The Morgan fingerprint density at radius 1 is 1.33 bits per heavy atom. The molecule has 1 unspecified atom stereocenters. The van der Waals surface area contributed by atoms with Crippen molar-refractivity contribution < 1.29 is 0 Å². The smallest absolute Gasteiger partial charge is 0.0441 e. The summed E-state index contributed by atoms with van der Waals surface area (Å²) >= 11 is 6.31. The highest BCUT2D eigenvalue weighted by atomic mass is 35.5. The summed E-state index contributed by atoms with van der Waals surface area (Å²) in [5.74, 6) is 0.737. The monoisotopic (exact) mass is 221 g/mol. The van der Waals surface area contributed by atoms with E-state index in [1.54, 1.807) is 11.1 Å². The largest absolute Gasteiger partial charge is 0.305 e. The van der Waals surface area contributed by atoms with Gasteiger partial charge in [-0.05, 0) is 55.0 Å². The topological polar surface area (TPSA) is 3.24 Å². The SMILES string of the molecule is CN1CCc2c(Cl)ccc3c2C(CC3)C1. The van der Waals surface area contributed by atoms with Crippen LogP contribution in [0, 0.1) is 0 Å². The zero-order chi connectivity index (χ0) is 10.4. The lowest BCUT2D eigenvalue weighted by molar-refractivity contribution is 0.324. The van der Waals surface area contributed by atoms with Gasteiger partial charge in [0.05, 0.1) is 0 Å². The standard InChI is InChI=1S/C13H16ClN/c1-15-7-6-11-12(14)5-4-9-2-3-10(8-15)13(9)11/h4-5,10H,2-3,6-8H2,1H3. The van der Waals surface area contributed by atoms with Crippen molar-refractivity contribution in [1.29, 1.82) is 0 Å². The predicted octanol–water partition coefficient (Wildman–Crippen LogP) is 2.86. The molecule has 2 aliphatic rings. The summed E-state index contributed by atoms with van der Waals surface area (Å²) < 4.78 is 0. The van der Waals surface area contributed by atoms with E-state index in [0.717, 1.165) is 23.9 Å². The van der Waals surface area contributed by atoms with E-state index in [2.05, 4.69) is 24.1 Å². The third-order valence-electron chi connectivity index (χ3n) is 3.84. The molecule has 15 heavy (non-hydrogen) atoms. The minimum atomic E-state index is 0.737. The van der Waals surface area contributed by atoms with E-state index < -0.39 is 0 Å². The van der Waals surface area contributed by atoms with Crippen LogP contribution in [0.15, 0.2) is 12.1 Å². The van der Waals surface area contributed by atoms with Crippen LogP contribution in [0.1, 0.15) is 29.0 Å². The molecule has 0 amide bonds. The normalized spacial score (nSPS) is 25.1. The number of hydrogen-bond donors (Lipinski definition) is 0. The molecule has 1 aromatic rings. The summed E-state index contributed by atoms with van der Waals surface area (Å²) in [6.45, 7) is 2.35. The molecule has 1 atom stereocenters. The van der Waals surface area contributed by atoms with Gasteiger partial charge < -0.3 is 4.90 Å². The van der Waals surface area contributed by atoms with Crippen molar-refractivity contribution in [3.05, 3.63) is 33.8 Å². The maximum Gasteiger partial charge on any atom is 0.0441 e. The molecule has 0 bridgehead atoms. The maximum atomic E-state index is 6.31. The quantitative estimate of drug-likeness (QED) is 0.651. The number of hydrogen-bond acceptors (Lipinski definition) is 1. The van der Waals surface area contributed by atoms with Gasteiger partial charge in [-0.1, -0.05) is 17.7 Å². The number of aryl methyl sites for hydroxylation is 1. The number of benzene rings is 1. The molecule has 0 saturated carbocycles. The third-order valence-corrected chi connectivity index (χ3v) is 4.19. The van der Waals surface area contributed by atoms with Gasteiger partial charge in [0.15, 0.2) is 0 Å². The lowest BCUT2D eigenvalue weighted by atomic mass is 9.95. The molecule has 1 aliphatic carbocycles. The van der Waals surface area contributed by atoms with Gasteiger partial charge >= 0.3 is 0 Å². The van der Waals surface area contributed by atoms with Crippen LogP contribution in [-0.2, 0) is 12.8 Å². The molecule has 80 valence electrons. The highest BCUT2D eigenvalue weighted by molar-refractivity contribution is 6.31. The van der Waals surface area contributed by atoms with Gasteiger partial charge in [-0.2, -0.15) is 0 Å². The first-order valence-electron chi connectivity index (χ1n) is 5.74. The molecule has 0 saturated heterocycles. The van der Waals surface area contributed by atoms with Crippen LogP contribution in [0.2, 0.25) is 5.02 Å². The van der Waals surface area contributed by atoms with E-state index in [9.17, 15) is 0 Å². The van der Waals surface area contributed by atoms with Crippen molar-refractivity contribution in [3.8, 4) is 0 Å². The van der Waals surface area contributed by atoms with Crippen LogP contribution >= 0.6 is 11.6 Å². The Kier molecular flexibility index (Phi) is 2.26. The molecule has 0 aromatic heterocycles. The zero-order valence-corrected chi connectivity index (χ0v) is 9.85. The lowest BCUT2D eigenvalue weighted by Gasteiger charge is -2.17. The van der Waals surface area contributed by atoms with Gasteiger partial charge in [0.1, 0.15) is 0 Å². The molecule has 0 fully saturated rings. The van der Waals surface area contributed by atoms with Crippen molar-refractivity contribution in [1.82, 2.24) is 4.90 Å². The Hall–Kier alpha value is -0.530. The Bertz CT molecular complexity index is 400. The third kappa shape index (κ3) is 1.49. The van der Waals surface area contributed by atoms with Crippen molar-refractivity contribution >= 4 is 11.6 Å². The molecule has 1 heterocycles. The van der Waals surface area contributed by atoms with Gasteiger partial charge in [0.2, 0.25) is 0 Å². The first-order valence-corrected chi connectivity index (χ1v) is 6.12. The molecular formula is C13H16ClN. The Morgan fingerprint density at radius 3 is 3.07 bits per heavy atom. The predicted molar refractivity (Wildman–Crippen MR) is 63.7 cm³/mol. The van der Waals surface area contributed by atoms with Crippen LogP contribution < -0.4 is 0 Å². The first-order chi connectivity index (χ1) is 7.25. The first kappa shape index (κ1) is 9.68. The van der Waals surface area contributed by atoms with E-state index in [1.807, 2.05) is 0 Å². The van der Waals surface area contributed by atoms with Crippen molar-refractivity contribution in [2.75, 3.05) is 20.1 Å². The molecule has 1 aliphatic heterocycles. The summed E-state index contributed by atoms with van der Waals surface area (Å²) in [6.07, 6.45) is 3.68. The number of rotatable bonds is 0. The maximum absolute atomic E-state index is 6.31. The minimum absolute atomic E-state index is 0.737. The lowest BCUT2D eigenvalue weighted by Crippen LogP contribution is -2.23. The van der Waals surface area contributed by atoms with Gasteiger partial charge in [-0.15, -0.1) is 0 Å². The molecule has 0 N–H and O–H groups in total. The molecule has 0 radical (unpaired) electrons. The second kappa shape index (κ2) is 3.50. The molecular weight excluding hydrogens is 206 g/mol. The fourth-order valence-corrected chi connectivity index (χ4v) is 3.35. The van der Waals surface area contributed by atoms with Gasteiger partial charge in [-0.3, -0.25) is 0 Å². The highest BCUT2D eigenvalue weighted by Crippen LogP contribution is 2.40. The van der Waals surface area contributed by atoms with Crippen molar-refractivity contribution in [2.45, 2.75) is 25.2 Å². The average molecular weight is 222 g/mol. The van der Waals surface area contributed by atoms with E-state index in [0.29, 0.717) is 0 Å². The zero-order valence-electron chi connectivity index (χ0n) is 9.09. The molecule has 1 aromatic carbocycles. The Balaban J connectivity index is 2.15. The van der Waals surface area contributed by atoms with E-state index in [4.69, 9.17) is 11.6 Å². The fraction of sp³-hybridized carbons (Fsp3) is 0.538. The van der Waals surface area contributed by atoms with Crippen molar-refractivity contribution in [3.63, 3.8) is 0 Å². The van der Waals surface area contributed by atoms with Gasteiger partial charge in [0, 0.05) is 18.1 Å². The summed E-state index contributed by atoms with van der Waals surface area (Å²) in [6, 6.07) is 4.32. The molecule has 0 spiro atoms. The average Bonchev–Trinajstić information content (AvgIpc) is 2.52.